The van der Waals surface area contributed by atoms with Crippen molar-refractivity contribution in [1.29, 1.82) is 0 Å². The largest absolute Gasteiger partial charge is 0.491 e. The zero-order valence-electron chi connectivity index (χ0n) is 13.3. The van der Waals surface area contributed by atoms with Gasteiger partial charge in [-0.3, -0.25) is 4.79 Å². The Morgan fingerprint density at radius 3 is 2.81 bits per heavy atom. The lowest BCUT2D eigenvalue weighted by molar-refractivity contribution is -0.127. The summed E-state index contributed by atoms with van der Waals surface area (Å²) in [6.45, 7) is 6.48. The number of hydrogen-bond acceptors (Lipinski definition) is 3. The molecule has 0 spiro atoms. The SMILES string of the molecule is Cc1ccc(OCC(C)NC(=O)C2CCCN(C)C2)cc1. The van der Waals surface area contributed by atoms with Crippen LogP contribution in [-0.4, -0.2) is 43.6 Å². The van der Waals surface area contributed by atoms with Crippen LogP contribution in [0.4, 0.5) is 0 Å². The Bertz CT molecular complexity index is 458. The number of amides is 1. The quantitative estimate of drug-likeness (QED) is 0.904. The van der Waals surface area contributed by atoms with Gasteiger partial charge in [0.1, 0.15) is 12.4 Å². The molecule has 0 aromatic heterocycles. The van der Waals surface area contributed by atoms with Crippen molar-refractivity contribution >= 4 is 5.91 Å². The van der Waals surface area contributed by atoms with Gasteiger partial charge in [-0.15, -0.1) is 0 Å². The second-order valence-electron chi connectivity index (χ2n) is 6.14. The van der Waals surface area contributed by atoms with Crippen LogP contribution in [0.2, 0.25) is 0 Å². The van der Waals surface area contributed by atoms with E-state index in [1.54, 1.807) is 0 Å². The van der Waals surface area contributed by atoms with Crippen molar-refractivity contribution in [3.05, 3.63) is 29.8 Å². The summed E-state index contributed by atoms with van der Waals surface area (Å²) in [6, 6.07) is 7.98. The van der Waals surface area contributed by atoms with Gasteiger partial charge in [-0.1, -0.05) is 17.7 Å². The van der Waals surface area contributed by atoms with Crippen LogP contribution in [-0.2, 0) is 4.79 Å². The molecule has 0 radical (unpaired) electrons. The van der Waals surface area contributed by atoms with E-state index >= 15 is 0 Å². The van der Waals surface area contributed by atoms with Crippen LogP contribution in [0, 0.1) is 12.8 Å². The van der Waals surface area contributed by atoms with Crippen molar-refractivity contribution in [3.8, 4) is 5.75 Å². The molecule has 1 aromatic rings. The summed E-state index contributed by atoms with van der Waals surface area (Å²) in [6.07, 6.45) is 2.09. The van der Waals surface area contributed by atoms with Crippen molar-refractivity contribution in [2.45, 2.75) is 32.7 Å². The van der Waals surface area contributed by atoms with E-state index in [2.05, 4.69) is 17.3 Å². The molecule has 2 unspecified atom stereocenters. The third kappa shape index (κ3) is 5.05. The van der Waals surface area contributed by atoms with Gasteiger partial charge in [0.25, 0.3) is 0 Å². The maximum absolute atomic E-state index is 12.2. The summed E-state index contributed by atoms with van der Waals surface area (Å²) in [7, 11) is 2.07. The van der Waals surface area contributed by atoms with Crippen LogP contribution in [0.3, 0.4) is 0 Å². The molecule has 21 heavy (non-hydrogen) atoms. The lowest BCUT2D eigenvalue weighted by Crippen LogP contribution is -2.45. The van der Waals surface area contributed by atoms with E-state index < -0.39 is 0 Å². The van der Waals surface area contributed by atoms with Gasteiger partial charge in [-0.2, -0.15) is 0 Å². The Hall–Kier alpha value is -1.55. The summed E-state index contributed by atoms with van der Waals surface area (Å²) in [5, 5.41) is 3.06. The second kappa shape index (κ2) is 7.46. The summed E-state index contributed by atoms with van der Waals surface area (Å²) >= 11 is 0. The number of hydrogen-bond donors (Lipinski definition) is 1. The fourth-order valence-electron chi connectivity index (χ4n) is 2.64. The fourth-order valence-corrected chi connectivity index (χ4v) is 2.64. The van der Waals surface area contributed by atoms with Gasteiger partial charge in [0.05, 0.1) is 12.0 Å². The highest BCUT2D eigenvalue weighted by molar-refractivity contribution is 5.79. The molecule has 116 valence electrons. The Morgan fingerprint density at radius 2 is 2.14 bits per heavy atom. The van der Waals surface area contributed by atoms with E-state index in [-0.39, 0.29) is 17.9 Å². The first-order chi connectivity index (χ1) is 10.0. The van der Waals surface area contributed by atoms with Gasteiger partial charge in [0.2, 0.25) is 5.91 Å². The Labute approximate surface area is 127 Å². The first-order valence-electron chi connectivity index (χ1n) is 7.73. The number of rotatable bonds is 5. The van der Waals surface area contributed by atoms with Crippen LogP contribution >= 0.6 is 0 Å². The van der Waals surface area contributed by atoms with Crippen molar-refractivity contribution in [1.82, 2.24) is 10.2 Å². The van der Waals surface area contributed by atoms with Crippen LogP contribution < -0.4 is 10.1 Å². The Kier molecular flexibility index (Phi) is 5.62. The Balaban J connectivity index is 1.74. The highest BCUT2D eigenvalue weighted by Crippen LogP contribution is 2.15. The minimum atomic E-state index is 0.0195. The van der Waals surface area contributed by atoms with Gasteiger partial charge in [-0.05, 0) is 52.4 Å². The summed E-state index contributed by atoms with van der Waals surface area (Å²) in [4.78, 5) is 14.4. The van der Waals surface area contributed by atoms with Gasteiger partial charge >= 0.3 is 0 Å². The topological polar surface area (TPSA) is 41.6 Å². The molecule has 1 amide bonds. The van der Waals surface area contributed by atoms with Gasteiger partial charge in [-0.25, -0.2) is 0 Å². The summed E-state index contributed by atoms with van der Waals surface area (Å²) in [5.41, 5.74) is 1.21. The second-order valence-corrected chi connectivity index (χ2v) is 6.14. The molecule has 1 aliphatic rings. The minimum absolute atomic E-state index is 0.0195. The molecule has 1 saturated heterocycles. The number of nitrogens with one attached hydrogen (secondary N) is 1. The standard InChI is InChI=1S/C17H26N2O2/c1-13-6-8-16(9-7-13)21-12-14(2)18-17(20)15-5-4-10-19(3)11-15/h6-9,14-15H,4-5,10-12H2,1-3H3,(H,18,20). The highest BCUT2D eigenvalue weighted by Gasteiger charge is 2.24. The molecule has 1 heterocycles. The molecular weight excluding hydrogens is 264 g/mol. The van der Waals surface area contributed by atoms with Crippen molar-refractivity contribution in [2.75, 3.05) is 26.7 Å². The Morgan fingerprint density at radius 1 is 1.43 bits per heavy atom. The smallest absolute Gasteiger partial charge is 0.224 e. The van der Waals surface area contributed by atoms with Crippen molar-refractivity contribution in [3.63, 3.8) is 0 Å². The molecule has 2 rings (SSSR count). The summed E-state index contributed by atoms with van der Waals surface area (Å²) in [5.74, 6) is 1.12. The molecule has 1 N–H and O–H groups in total. The molecular formula is C17H26N2O2. The number of piperidine rings is 1. The first kappa shape index (κ1) is 15.8. The van der Waals surface area contributed by atoms with Gasteiger partial charge in [0.15, 0.2) is 0 Å². The van der Waals surface area contributed by atoms with E-state index in [1.807, 2.05) is 38.1 Å². The number of carbonyl (C=O) groups excluding carboxylic acids is 1. The monoisotopic (exact) mass is 290 g/mol. The summed E-state index contributed by atoms with van der Waals surface area (Å²) < 4.78 is 5.71. The first-order valence-corrected chi connectivity index (χ1v) is 7.73. The van der Waals surface area contributed by atoms with Crippen LogP contribution in [0.5, 0.6) is 5.75 Å². The molecule has 0 saturated carbocycles. The van der Waals surface area contributed by atoms with E-state index in [1.165, 1.54) is 5.56 Å². The predicted molar refractivity (Wildman–Crippen MR) is 84.5 cm³/mol. The van der Waals surface area contributed by atoms with Crippen LogP contribution in [0.1, 0.15) is 25.3 Å². The lowest BCUT2D eigenvalue weighted by atomic mass is 9.97. The molecule has 0 aliphatic carbocycles. The average molecular weight is 290 g/mol. The highest BCUT2D eigenvalue weighted by atomic mass is 16.5. The normalized spacial score (nSPS) is 20.8. The number of carbonyl (C=O) groups is 1. The molecule has 2 atom stereocenters. The fraction of sp³-hybridized carbons (Fsp3) is 0.588. The maximum Gasteiger partial charge on any atom is 0.224 e. The third-order valence-corrected chi connectivity index (χ3v) is 3.90. The number of likely N-dealkylation sites (tertiary alicyclic amines) is 1. The van der Waals surface area contributed by atoms with Gasteiger partial charge in [0, 0.05) is 6.54 Å². The number of ether oxygens (including phenoxy) is 1. The lowest BCUT2D eigenvalue weighted by Gasteiger charge is -2.29. The average Bonchev–Trinajstić information content (AvgIpc) is 2.46. The van der Waals surface area contributed by atoms with E-state index in [0.29, 0.717) is 6.61 Å². The van der Waals surface area contributed by atoms with E-state index in [0.717, 1.165) is 31.7 Å². The van der Waals surface area contributed by atoms with Crippen molar-refractivity contribution in [2.24, 2.45) is 5.92 Å². The number of benzene rings is 1. The molecule has 0 bridgehead atoms. The van der Waals surface area contributed by atoms with E-state index in [9.17, 15) is 4.79 Å². The van der Waals surface area contributed by atoms with Crippen molar-refractivity contribution < 1.29 is 9.53 Å². The number of nitrogens with zero attached hydrogens (tertiary/aromatic N) is 1. The zero-order valence-corrected chi connectivity index (χ0v) is 13.3. The maximum atomic E-state index is 12.2. The molecule has 1 aliphatic heterocycles. The van der Waals surface area contributed by atoms with Gasteiger partial charge < -0.3 is 15.0 Å². The molecule has 1 aromatic carbocycles. The predicted octanol–water partition coefficient (Wildman–Crippen LogP) is 2.22. The minimum Gasteiger partial charge on any atom is -0.491 e. The number of aryl methyl sites for hydroxylation is 1. The molecule has 4 heteroatoms. The third-order valence-electron chi connectivity index (χ3n) is 3.90. The van der Waals surface area contributed by atoms with Crippen LogP contribution in [0.15, 0.2) is 24.3 Å². The van der Waals surface area contributed by atoms with Crippen LogP contribution in [0.25, 0.3) is 0 Å². The molecule has 4 nitrogen and oxygen atoms in total. The van der Waals surface area contributed by atoms with E-state index in [4.69, 9.17) is 4.74 Å². The zero-order chi connectivity index (χ0) is 15.2. The molecule has 1 fully saturated rings.